The van der Waals surface area contributed by atoms with E-state index >= 15 is 0 Å². The largest absolute Gasteiger partial charge is 0.272 e. The van der Waals surface area contributed by atoms with Crippen LogP contribution in [0.5, 0.6) is 0 Å². The van der Waals surface area contributed by atoms with E-state index in [-0.39, 0.29) is 0 Å². The summed E-state index contributed by atoms with van der Waals surface area (Å²) in [6.45, 7) is 0. The Morgan fingerprint density at radius 2 is 2.18 bits per heavy atom. The Morgan fingerprint density at radius 1 is 1.45 bits per heavy atom. The molecule has 11 heavy (non-hydrogen) atoms. The Hall–Kier alpha value is 0.0400. The van der Waals surface area contributed by atoms with Crippen molar-refractivity contribution >= 4 is 40.1 Å². The molecule has 1 atom stereocenters. The molecule has 0 fully saturated rings. The van der Waals surface area contributed by atoms with Crippen molar-refractivity contribution in [2.45, 2.75) is 10.5 Å². The summed E-state index contributed by atoms with van der Waals surface area (Å²) in [6.07, 6.45) is 1.06. The van der Waals surface area contributed by atoms with E-state index in [4.69, 9.17) is 11.8 Å². The van der Waals surface area contributed by atoms with E-state index in [0.29, 0.717) is 4.05 Å². The summed E-state index contributed by atoms with van der Waals surface area (Å²) in [7, 11) is 0. The van der Waals surface area contributed by atoms with Gasteiger partial charge in [0.25, 0.3) is 0 Å². The fourth-order valence-electron chi connectivity index (χ4n) is 1.30. The van der Waals surface area contributed by atoms with Gasteiger partial charge in [-0.2, -0.15) is 0 Å². The monoisotopic (exact) mass is 279 g/mol. The Kier molecular flexibility index (Phi) is 1.97. The van der Waals surface area contributed by atoms with Crippen LogP contribution in [0, 0.1) is 0 Å². The van der Waals surface area contributed by atoms with Crippen LogP contribution in [0.1, 0.15) is 5.56 Å². The van der Waals surface area contributed by atoms with E-state index in [2.05, 4.69) is 40.8 Å². The van der Waals surface area contributed by atoms with Crippen molar-refractivity contribution in [3.8, 4) is 0 Å². The van der Waals surface area contributed by atoms with Crippen LogP contribution in [0.3, 0.4) is 0 Å². The minimum absolute atomic E-state index is 0.409. The van der Waals surface area contributed by atoms with Crippen LogP contribution in [-0.2, 0) is 6.42 Å². The molecule has 1 aliphatic rings. The molecule has 0 bridgehead atoms. The molecule has 1 aliphatic heterocycles. The Labute approximate surface area is 84.6 Å². The third kappa shape index (κ3) is 1.22. The summed E-state index contributed by atoms with van der Waals surface area (Å²) in [5, 5.41) is 0. The number of fused-ring (bicyclic) bond motifs is 1. The first-order chi connectivity index (χ1) is 5.29. The van der Waals surface area contributed by atoms with Gasteiger partial charge in [0.2, 0.25) is 0 Å². The molecule has 3 heteroatoms. The third-order valence-corrected chi connectivity index (χ3v) is 3.60. The summed E-state index contributed by atoms with van der Waals surface area (Å²) in [5.74, 6) is 0. The van der Waals surface area contributed by atoms with Crippen LogP contribution >= 0.6 is 34.4 Å². The number of para-hydroxylation sites is 1. The average Bonchev–Trinajstić information content (AvgIpc) is 2.30. The van der Waals surface area contributed by atoms with Crippen molar-refractivity contribution in [2.75, 3.05) is 4.42 Å². The number of hydrogen-bond donors (Lipinski definition) is 0. The molecule has 0 aliphatic carbocycles. The van der Waals surface area contributed by atoms with Gasteiger partial charge >= 0.3 is 0 Å². The molecular weight excluding hydrogens is 272 g/mol. The van der Waals surface area contributed by atoms with Crippen LogP contribution in [-0.4, -0.2) is 4.05 Å². The number of anilines is 1. The van der Waals surface area contributed by atoms with Gasteiger partial charge in [-0.15, -0.1) is 0 Å². The lowest BCUT2D eigenvalue weighted by Gasteiger charge is -2.11. The van der Waals surface area contributed by atoms with Gasteiger partial charge in [-0.1, -0.05) is 40.8 Å². The zero-order valence-electron chi connectivity index (χ0n) is 5.80. The highest BCUT2D eigenvalue weighted by molar-refractivity contribution is 14.1. The van der Waals surface area contributed by atoms with Crippen LogP contribution in [0.4, 0.5) is 5.69 Å². The fraction of sp³-hybridized carbons (Fsp3) is 0.250. The molecule has 0 spiro atoms. The lowest BCUT2D eigenvalue weighted by atomic mass is 10.2. The molecule has 1 nitrogen and oxygen atoms in total. The minimum Gasteiger partial charge on any atom is -0.272 e. The molecule has 2 rings (SSSR count). The first-order valence-electron chi connectivity index (χ1n) is 3.46. The van der Waals surface area contributed by atoms with Crippen molar-refractivity contribution in [1.82, 2.24) is 0 Å². The molecule has 0 saturated carbocycles. The highest BCUT2D eigenvalue weighted by atomic mass is 127. The zero-order valence-corrected chi connectivity index (χ0v) is 8.71. The van der Waals surface area contributed by atoms with Crippen molar-refractivity contribution in [3.63, 3.8) is 0 Å². The van der Waals surface area contributed by atoms with E-state index in [9.17, 15) is 0 Å². The smallest absolute Gasteiger partial charge is 0.101 e. The van der Waals surface area contributed by atoms with Gasteiger partial charge in [-0.05, 0) is 11.6 Å². The van der Waals surface area contributed by atoms with Crippen molar-refractivity contribution in [3.05, 3.63) is 29.8 Å². The second kappa shape index (κ2) is 2.83. The lowest BCUT2D eigenvalue weighted by molar-refractivity contribution is 1.01. The SMILES string of the molecule is ClN1c2ccccc2CC1I. The van der Waals surface area contributed by atoms with E-state index in [1.807, 2.05) is 6.07 Å². The fourth-order valence-corrected chi connectivity index (χ4v) is 2.31. The maximum Gasteiger partial charge on any atom is 0.101 e. The Morgan fingerprint density at radius 3 is 2.91 bits per heavy atom. The van der Waals surface area contributed by atoms with Gasteiger partial charge < -0.3 is 0 Å². The first kappa shape index (κ1) is 7.68. The predicted octanol–water partition coefficient (Wildman–Crippen LogP) is 2.96. The molecule has 0 aromatic heterocycles. The van der Waals surface area contributed by atoms with Crippen LogP contribution in [0.2, 0.25) is 0 Å². The summed E-state index contributed by atoms with van der Waals surface area (Å²) in [5.41, 5.74) is 2.51. The number of rotatable bonds is 0. The molecule has 58 valence electrons. The normalized spacial score (nSPS) is 22.0. The van der Waals surface area contributed by atoms with Crippen molar-refractivity contribution in [2.24, 2.45) is 0 Å². The maximum atomic E-state index is 6.02. The number of nitrogens with zero attached hydrogens (tertiary/aromatic N) is 1. The zero-order chi connectivity index (χ0) is 7.84. The number of alkyl halides is 1. The van der Waals surface area contributed by atoms with Crippen molar-refractivity contribution in [1.29, 1.82) is 0 Å². The molecule has 0 amide bonds. The van der Waals surface area contributed by atoms with Crippen LogP contribution in [0.15, 0.2) is 24.3 Å². The quantitative estimate of drug-likeness (QED) is 0.305. The Balaban J connectivity index is 2.47. The molecule has 0 saturated heterocycles. The van der Waals surface area contributed by atoms with Gasteiger partial charge in [-0.25, -0.2) is 0 Å². The second-order valence-electron chi connectivity index (χ2n) is 2.58. The summed E-state index contributed by atoms with van der Waals surface area (Å²) >= 11 is 8.37. The Bertz CT molecular complexity index is 277. The summed E-state index contributed by atoms with van der Waals surface area (Å²) in [4.78, 5) is 0. The number of halogens is 2. The second-order valence-corrected chi connectivity index (χ2v) is 4.38. The van der Waals surface area contributed by atoms with Gasteiger partial charge in [0.05, 0.1) is 5.69 Å². The molecule has 1 aromatic rings. The molecule has 1 aromatic carbocycles. The molecular formula is C8H7ClIN. The van der Waals surface area contributed by atoms with Crippen molar-refractivity contribution < 1.29 is 0 Å². The van der Waals surface area contributed by atoms with E-state index in [0.717, 1.165) is 12.1 Å². The summed E-state index contributed by atoms with van der Waals surface area (Å²) < 4.78 is 2.21. The van der Waals surface area contributed by atoms with E-state index < -0.39 is 0 Å². The highest BCUT2D eigenvalue weighted by Crippen LogP contribution is 2.35. The third-order valence-electron chi connectivity index (χ3n) is 1.86. The lowest BCUT2D eigenvalue weighted by Crippen LogP contribution is -2.14. The number of benzene rings is 1. The van der Waals surface area contributed by atoms with Gasteiger partial charge in [0.1, 0.15) is 4.05 Å². The topological polar surface area (TPSA) is 3.24 Å². The van der Waals surface area contributed by atoms with E-state index in [1.165, 1.54) is 5.56 Å². The predicted molar refractivity (Wildman–Crippen MR) is 56.3 cm³/mol. The van der Waals surface area contributed by atoms with E-state index in [1.54, 1.807) is 4.42 Å². The van der Waals surface area contributed by atoms with Crippen LogP contribution < -0.4 is 4.42 Å². The van der Waals surface area contributed by atoms with Gasteiger partial charge in [-0.3, -0.25) is 4.42 Å². The number of hydrogen-bond acceptors (Lipinski definition) is 1. The molecule has 0 radical (unpaired) electrons. The first-order valence-corrected chi connectivity index (χ1v) is 5.04. The van der Waals surface area contributed by atoms with Gasteiger partial charge in [0, 0.05) is 18.2 Å². The molecule has 1 heterocycles. The standard InChI is InChI=1S/C8H7ClIN/c9-11-7-4-2-1-3-6(7)5-8(11)10/h1-4,8H,5H2. The highest BCUT2D eigenvalue weighted by Gasteiger charge is 2.24. The molecule has 1 unspecified atom stereocenters. The minimum atomic E-state index is 0.409. The van der Waals surface area contributed by atoms with Gasteiger partial charge in [0.15, 0.2) is 0 Å². The maximum absolute atomic E-state index is 6.02. The average molecular weight is 280 g/mol. The molecule has 0 N–H and O–H groups in total. The van der Waals surface area contributed by atoms with Crippen LogP contribution in [0.25, 0.3) is 0 Å². The summed E-state index contributed by atoms with van der Waals surface area (Å²) in [6, 6.07) is 8.26.